The lowest BCUT2D eigenvalue weighted by atomic mass is 10.0. The summed E-state index contributed by atoms with van der Waals surface area (Å²) in [5.74, 6) is -0.987. The van der Waals surface area contributed by atoms with Crippen LogP contribution in [0.3, 0.4) is 0 Å². The molecule has 0 saturated carbocycles. The van der Waals surface area contributed by atoms with Crippen LogP contribution >= 0.6 is 0 Å². The fourth-order valence-corrected chi connectivity index (χ4v) is 3.19. The van der Waals surface area contributed by atoms with Crippen molar-refractivity contribution in [2.24, 2.45) is 0 Å². The zero-order valence-electron chi connectivity index (χ0n) is 14.6. The SMILES string of the molecule is COC(=O)c1ccccc1C(=O)N1CCC[C@@H](Nc2ccc(F)cc2)C1. The van der Waals surface area contributed by atoms with Gasteiger partial charge in [0.2, 0.25) is 0 Å². The predicted molar refractivity (Wildman–Crippen MR) is 96.7 cm³/mol. The van der Waals surface area contributed by atoms with Crippen LogP contribution in [0, 0.1) is 5.82 Å². The fourth-order valence-electron chi connectivity index (χ4n) is 3.19. The monoisotopic (exact) mass is 356 g/mol. The predicted octanol–water partition coefficient (Wildman–Crippen LogP) is 3.33. The van der Waals surface area contributed by atoms with Crippen molar-refractivity contribution in [2.75, 3.05) is 25.5 Å². The molecule has 1 amide bonds. The van der Waals surface area contributed by atoms with E-state index >= 15 is 0 Å². The number of hydrogen-bond acceptors (Lipinski definition) is 4. The lowest BCUT2D eigenvalue weighted by molar-refractivity contribution is 0.0587. The number of likely N-dealkylation sites (tertiary alicyclic amines) is 1. The smallest absolute Gasteiger partial charge is 0.338 e. The van der Waals surface area contributed by atoms with Crippen molar-refractivity contribution in [3.63, 3.8) is 0 Å². The number of methoxy groups -OCH3 is 1. The zero-order chi connectivity index (χ0) is 18.5. The molecule has 1 fully saturated rings. The van der Waals surface area contributed by atoms with Crippen LogP contribution in [0.5, 0.6) is 0 Å². The van der Waals surface area contributed by atoms with Gasteiger partial charge in [0.05, 0.1) is 18.2 Å². The Morgan fingerprint density at radius 3 is 2.50 bits per heavy atom. The molecule has 6 heteroatoms. The maximum Gasteiger partial charge on any atom is 0.338 e. The number of amides is 1. The van der Waals surface area contributed by atoms with Crippen LogP contribution in [-0.4, -0.2) is 43.0 Å². The molecule has 1 N–H and O–H groups in total. The van der Waals surface area contributed by atoms with Crippen molar-refractivity contribution in [1.29, 1.82) is 0 Å². The molecule has 5 nitrogen and oxygen atoms in total. The number of piperidine rings is 1. The van der Waals surface area contributed by atoms with Crippen LogP contribution in [0.15, 0.2) is 48.5 Å². The lowest BCUT2D eigenvalue weighted by Gasteiger charge is -2.34. The molecule has 0 unspecified atom stereocenters. The van der Waals surface area contributed by atoms with Crippen LogP contribution in [0.4, 0.5) is 10.1 Å². The molecule has 0 bridgehead atoms. The molecule has 0 radical (unpaired) electrons. The van der Waals surface area contributed by atoms with Crippen molar-refractivity contribution in [3.8, 4) is 0 Å². The van der Waals surface area contributed by atoms with E-state index in [9.17, 15) is 14.0 Å². The zero-order valence-corrected chi connectivity index (χ0v) is 14.6. The Hall–Kier alpha value is -2.89. The molecule has 0 aliphatic carbocycles. The number of rotatable bonds is 4. The quantitative estimate of drug-likeness (QED) is 0.854. The summed E-state index contributed by atoms with van der Waals surface area (Å²) in [6.07, 6.45) is 1.77. The normalized spacial score (nSPS) is 16.8. The molecular formula is C20H21FN2O3. The van der Waals surface area contributed by atoms with Gasteiger partial charge in [0.15, 0.2) is 0 Å². The van der Waals surface area contributed by atoms with E-state index in [0.717, 1.165) is 18.5 Å². The third-order valence-corrected chi connectivity index (χ3v) is 4.49. The number of nitrogens with zero attached hydrogens (tertiary/aromatic N) is 1. The summed E-state index contributed by atoms with van der Waals surface area (Å²) >= 11 is 0. The number of halogens is 1. The number of hydrogen-bond donors (Lipinski definition) is 1. The molecule has 1 aliphatic heterocycles. The van der Waals surface area contributed by atoms with E-state index in [2.05, 4.69) is 5.32 Å². The van der Waals surface area contributed by atoms with E-state index < -0.39 is 5.97 Å². The van der Waals surface area contributed by atoms with Crippen LogP contribution in [0.2, 0.25) is 0 Å². The highest BCUT2D eigenvalue weighted by Gasteiger charge is 2.27. The van der Waals surface area contributed by atoms with Crippen molar-refractivity contribution < 1.29 is 18.7 Å². The average molecular weight is 356 g/mol. The van der Waals surface area contributed by atoms with Crippen molar-refractivity contribution in [2.45, 2.75) is 18.9 Å². The van der Waals surface area contributed by atoms with E-state index in [1.54, 1.807) is 41.3 Å². The van der Waals surface area contributed by atoms with E-state index in [-0.39, 0.29) is 23.3 Å². The Bertz CT molecular complexity index is 792. The van der Waals surface area contributed by atoms with E-state index in [1.165, 1.54) is 19.2 Å². The average Bonchev–Trinajstić information content (AvgIpc) is 2.69. The fraction of sp³-hybridized carbons (Fsp3) is 0.300. The van der Waals surface area contributed by atoms with Gasteiger partial charge in [-0.3, -0.25) is 4.79 Å². The Balaban J connectivity index is 1.72. The molecule has 26 heavy (non-hydrogen) atoms. The van der Waals surface area contributed by atoms with Gasteiger partial charge in [0.25, 0.3) is 5.91 Å². The first-order chi connectivity index (χ1) is 12.6. The highest BCUT2D eigenvalue weighted by Crippen LogP contribution is 2.20. The number of anilines is 1. The number of esters is 1. The molecule has 1 saturated heterocycles. The first kappa shape index (κ1) is 17.9. The Morgan fingerprint density at radius 2 is 1.81 bits per heavy atom. The second kappa shape index (κ2) is 7.99. The van der Waals surface area contributed by atoms with Crippen LogP contribution in [0.1, 0.15) is 33.6 Å². The number of nitrogens with one attached hydrogen (secondary N) is 1. The standard InChI is InChI=1S/C20H21FN2O3/c1-26-20(25)18-7-3-2-6-17(18)19(24)23-12-4-5-16(13-23)22-15-10-8-14(21)9-11-15/h2-3,6-11,16,22H,4-5,12-13H2,1H3/t16-/m1/s1. The molecule has 2 aromatic rings. The second-order valence-electron chi connectivity index (χ2n) is 6.28. The maximum atomic E-state index is 13.0. The second-order valence-corrected chi connectivity index (χ2v) is 6.28. The minimum absolute atomic E-state index is 0.0726. The van der Waals surface area contributed by atoms with Crippen molar-refractivity contribution in [1.82, 2.24) is 4.90 Å². The van der Waals surface area contributed by atoms with Crippen LogP contribution in [0.25, 0.3) is 0 Å². The van der Waals surface area contributed by atoms with E-state index in [0.29, 0.717) is 18.7 Å². The number of carbonyl (C=O) groups is 2. The van der Waals surface area contributed by atoms with Gasteiger partial charge in [0.1, 0.15) is 5.82 Å². The molecular weight excluding hydrogens is 335 g/mol. The third-order valence-electron chi connectivity index (χ3n) is 4.49. The molecule has 1 aliphatic rings. The number of benzene rings is 2. The summed E-state index contributed by atoms with van der Waals surface area (Å²) in [4.78, 5) is 26.6. The lowest BCUT2D eigenvalue weighted by Crippen LogP contribution is -2.45. The summed E-state index contributed by atoms with van der Waals surface area (Å²) in [5, 5.41) is 3.34. The summed E-state index contributed by atoms with van der Waals surface area (Å²) in [6, 6.07) is 12.9. The Morgan fingerprint density at radius 1 is 1.12 bits per heavy atom. The van der Waals surface area contributed by atoms with Gasteiger partial charge in [-0.05, 0) is 49.2 Å². The van der Waals surface area contributed by atoms with Gasteiger partial charge >= 0.3 is 5.97 Å². The first-order valence-corrected chi connectivity index (χ1v) is 8.57. The van der Waals surface area contributed by atoms with Crippen LogP contribution in [-0.2, 0) is 4.74 Å². The Labute approximate surface area is 151 Å². The van der Waals surface area contributed by atoms with Gasteiger partial charge in [-0.25, -0.2) is 9.18 Å². The van der Waals surface area contributed by atoms with Gasteiger partial charge in [-0.2, -0.15) is 0 Å². The highest BCUT2D eigenvalue weighted by molar-refractivity contribution is 6.05. The largest absolute Gasteiger partial charge is 0.465 e. The molecule has 0 aromatic heterocycles. The van der Waals surface area contributed by atoms with Crippen molar-refractivity contribution in [3.05, 3.63) is 65.5 Å². The summed E-state index contributed by atoms with van der Waals surface area (Å²) < 4.78 is 17.8. The number of carbonyl (C=O) groups excluding carboxylic acids is 2. The summed E-state index contributed by atoms with van der Waals surface area (Å²) in [6.45, 7) is 1.15. The molecule has 1 atom stereocenters. The number of ether oxygens (including phenoxy) is 1. The van der Waals surface area contributed by atoms with Crippen LogP contribution < -0.4 is 5.32 Å². The van der Waals surface area contributed by atoms with Gasteiger partial charge in [-0.15, -0.1) is 0 Å². The molecule has 0 spiro atoms. The van der Waals surface area contributed by atoms with Gasteiger partial charge in [0, 0.05) is 24.8 Å². The topological polar surface area (TPSA) is 58.6 Å². The minimum atomic E-state index is -0.521. The van der Waals surface area contributed by atoms with Crippen molar-refractivity contribution >= 4 is 17.6 Å². The first-order valence-electron chi connectivity index (χ1n) is 8.57. The summed E-state index contributed by atoms with van der Waals surface area (Å²) in [7, 11) is 1.30. The highest BCUT2D eigenvalue weighted by atomic mass is 19.1. The molecule has 3 rings (SSSR count). The van der Waals surface area contributed by atoms with E-state index in [4.69, 9.17) is 4.74 Å². The third kappa shape index (κ3) is 4.02. The molecule has 1 heterocycles. The van der Waals surface area contributed by atoms with E-state index in [1.807, 2.05) is 0 Å². The minimum Gasteiger partial charge on any atom is -0.465 e. The molecule has 2 aromatic carbocycles. The van der Waals surface area contributed by atoms with Gasteiger partial charge in [-0.1, -0.05) is 12.1 Å². The van der Waals surface area contributed by atoms with Gasteiger partial charge < -0.3 is 15.0 Å². The Kier molecular flexibility index (Phi) is 5.51. The maximum absolute atomic E-state index is 13.0. The summed E-state index contributed by atoms with van der Waals surface area (Å²) in [5.41, 5.74) is 1.44. The molecule has 136 valence electrons.